The number of aromatic nitrogens is 5. The van der Waals surface area contributed by atoms with Crippen molar-refractivity contribution in [1.82, 2.24) is 24.5 Å². The highest BCUT2D eigenvalue weighted by Crippen LogP contribution is 2.43. The number of pyridine rings is 3. The van der Waals surface area contributed by atoms with E-state index >= 15 is 0 Å². The second-order valence-corrected chi connectivity index (χ2v) is 13.3. The van der Waals surface area contributed by atoms with Gasteiger partial charge in [-0.15, -0.1) is 0 Å². The Morgan fingerprint density at radius 2 is 1.47 bits per heavy atom. The van der Waals surface area contributed by atoms with Gasteiger partial charge in [-0.25, -0.2) is 9.97 Å². The lowest BCUT2D eigenvalue weighted by atomic mass is 9.87. The number of hydrogen-bond donors (Lipinski definition) is 0. The Labute approximate surface area is 274 Å². The van der Waals surface area contributed by atoms with Crippen LogP contribution in [0, 0.1) is 20.8 Å². The molecule has 5 aromatic heterocycles. The maximum Gasteiger partial charge on any atom is 0.227 e. The van der Waals surface area contributed by atoms with Crippen LogP contribution in [0.4, 0.5) is 0 Å². The molecule has 0 spiro atoms. The van der Waals surface area contributed by atoms with Crippen molar-refractivity contribution in [3.05, 3.63) is 113 Å². The quantitative estimate of drug-likeness (QED) is 0.193. The second kappa shape index (κ2) is 10.9. The average Bonchev–Trinajstić information content (AvgIpc) is 3.64. The van der Waals surface area contributed by atoms with E-state index in [-0.39, 0.29) is 11.8 Å². The molecule has 0 N–H and O–H groups in total. The zero-order chi connectivity index (χ0) is 32.6. The summed E-state index contributed by atoms with van der Waals surface area (Å²) in [4.78, 5) is 19.4. The Balaban J connectivity index is 1.47. The second-order valence-electron chi connectivity index (χ2n) is 13.3. The van der Waals surface area contributed by atoms with Crippen LogP contribution < -0.4 is 0 Å². The molecular weight excluding hydrogens is 578 g/mol. The van der Waals surface area contributed by atoms with Crippen molar-refractivity contribution in [2.45, 2.75) is 60.3 Å². The van der Waals surface area contributed by atoms with Crippen LogP contribution >= 0.6 is 0 Å². The highest BCUT2D eigenvalue weighted by molar-refractivity contribution is 6.09. The number of rotatable bonds is 5. The molecule has 0 saturated carbocycles. The minimum atomic E-state index is 0.241. The summed E-state index contributed by atoms with van der Waals surface area (Å²) in [6.07, 6.45) is 5.69. The normalized spacial score (nSPS) is 12.1. The van der Waals surface area contributed by atoms with Gasteiger partial charge in [-0.1, -0.05) is 64.1 Å². The number of hydrogen-bond acceptors (Lipinski definition) is 5. The van der Waals surface area contributed by atoms with Crippen LogP contribution in [0.3, 0.4) is 0 Å². The minimum Gasteiger partial charge on any atom is -0.437 e. The maximum atomic E-state index is 6.56. The molecule has 0 unspecified atom stereocenters. The zero-order valence-corrected chi connectivity index (χ0v) is 27.9. The van der Waals surface area contributed by atoms with Crippen LogP contribution in [-0.4, -0.2) is 24.5 Å². The van der Waals surface area contributed by atoms with Crippen LogP contribution in [0.15, 0.2) is 89.7 Å². The zero-order valence-electron chi connectivity index (χ0n) is 27.9. The first-order valence-corrected chi connectivity index (χ1v) is 16.4. The smallest absolute Gasteiger partial charge is 0.227 e. The summed E-state index contributed by atoms with van der Waals surface area (Å²) in [7, 11) is 0. The molecule has 5 heterocycles. The van der Waals surface area contributed by atoms with E-state index in [1.165, 1.54) is 33.0 Å². The summed E-state index contributed by atoms with van der Waals surface area (Å²) in [6, 6.07) is 24.2. The summed E-state index contributed by atoms with van der Waals surface area (Å²) in [5.41, 5.74) is 13.0. The van der Waals surface area contributed by atoms with Crippen molar-refractivity contribution < 1.29 is 4.42 Å². The van der Waals surface area contributed by atoms with E-state index in [4.69, 9.17) is 19.4 Å². The van der Waals surface area contributed by atoms with Gasteiger partial charge in [-0.2, -0.15) is 0 Å². The van der Waals surface area contributed by atoms with E-state index in [1.807, 2.05) is 38.5 Å². The first-order chi connectivity index (χ1) is 22.7. The highest BCUT2D eigenvalue weighted by Gasteiger charge is 2.27. The molecule has 6 heteroatoms. The predicted octanol–water partition coefficient (Wildman–Crippen LogP) is 10.8. The fraction of sp³-hybridized carbons (Fsp3) is 0.220. The van der Waals surface area contributed by atoms with Crippen LogP contribution in [0.1, 0.15) is 67.6 Å². The van der Waals surface area contributed by atoms with Crippen molar-refractivity contribution in [3.8, 4) is 28.2 Å². The average molecular weight is 616 g/mol. The van der Waals surface area contributed by atoms with E-state index in [0.717, 1.165) is 61.4 Å². The number of furan rings is 1. The first kappa shape index (κ1) is 29.1. The standard InChI is InChI=1S/C41H37N5O/c1-22(2)32-17-30(29-14-13-27-10-8-9-11-28(27)16-29)18-33(23(3)4)38(32)46-37-24(5)19-42-21-35(37)45-40(46)34-20-43-26(7)36-31-15-12-25(6)44-41(31)47-39(34)36/h8-23H,1-7H3. The summed E-state index contributed by atoms with van der Waals surface area (Å²) >= 11 is 0. The van der Waals surface area contributed by atoms with Crippen LogP contribution in [0.5, 0.6) is 0 Å². The minimum absolute atomic E-state index is 0.241. The van der Waals surface area contributed by atoms with Gasteiger partial charge in [0.15, 0.2) is 11.4 Å². The molecule has 8 aromatic rings. The topological polar surface area (TPSA) is 69.6 Å². The van der Waals surface area contributed by atoms with Gasteiger partial charge in [0, 0.05) is 23.8 Å². The molecule has 0 atom stereocenters. The Kier molecular flexibility index (Phi) is 6.72. The molecule has 6 nitrogen and oxygen atoms in total. The van der Waals surface area contributed by atoms with Gasteiger partial charge in [0.05, 0.1) is 33.7 Å². The van der Waals surface area contributed by atoms with Gasteiger partial charge in [-0.3, -0.25) is 14.5 Å². The monoisotopic (exact) mass is 615 g/mol. The van der Waals surface area contributed by atoms with Gasteiger partial charge < -0.3 is 4.42 Å². The molecular formula is C41H37N5O. The van der Waals surface area contributed by atoms with Crippen LogP contribution in [0.25, 0.3) is 72.1 Å². The molecule has 0 fully saturated rings. The van der Waals surface area contributed by atoms with Crippen molar-refractivity contribution in [1.29, 1.82) is 0 Å². The number of imidazole rings is 1. The number of benzene rings is 3. The molecule has 0 aliphatic rings. The Hall–Kier alpha value is -5.36. The summed E-state index contributed by atoms with van der Waals surface area (Å²) in [5, 5.41) is 4.42. The van der Waals surface area contributed by atoms with Gasteiger partial charge in [0.25, 0.3) is 0 Å². The molecule has 232 valence electrons. The number of fused-ring (bicyclic) bond motifs is 5. The Morgan fingerprint density at radius 3 is 2.21 bits per heavy atom. The summed E-state index contributed by atoms with van der Waals surface area (Å²) < 4.78 is 8.91. The van der Waals surface area contributed by atoms with E-state index < -0.39 is 0 Å². The molecule has 0 radical (unpaired) electrons. The van der Waals surface area contributed by atoms with Crippen molar-refractivity contribution in [3.63, 3.8) is 0 Å². The van der Waals surface area contributed by atoms with E-state index in [0.29, 0.717) is 5.71 Å². The van der Waals surface area contributed by atoms with Crippen LogP contribution in [-0.2, 0) is 0 Å². The summed E-state index contributed by atoms with van der Waals surface area (Å²) in [5.74, 6) is 1.27. The van der Waals surface area contributed by atoms with E-state index in [2.05, 4.69) is 105 Å². The number of nitrogens with zero attached hydrogens (tertiary/aromatic N) is 5. The van der Waals surface area contributed by atoms with Gasteiger partial charge in [0.2, 0.25) is 5.71 Å². The Morgan fingerprint density at radius 1 is 0.723 bits per heavy atom. The first-order valence-electron chi connectivity index (χ1n) is 16.4. The third-order valence-electron chi connectivity index (χ3n) is 9.39. The van der Waals surface area contributed by atoms with Crippen molar-refractivity contribution >= 4 is 43.9 Å². The van der Waals surface area contributed by atoms with E-state index in [9.17, 15) is 0 Å². The SMILES string of the molecule is Cc1ccc2c(n1)oc1c(-c3nc4cncc(C)c4n3-c3c(C(C)C)cc(-c4ccc5ccccc5c4)cc3C(C)C)cnc(C)c12. The lowest BCUT2D eigenvalue weighted by molar-refractivity contribution is 0.652. The molecule has 0 bridgehead atoms. The molecule has 0 aliphatic carbocycles. The van der Waals surface area contributed by atoms with E-state index in [1.54, 1.807) is 0 Å². The lowest BCUT2D eigenvalue weighted by Gasteiger charge is -2.24. The van der Waals surface area contributed by atoms with Gasteiger partial charge in [-0.05, 0) is 102 Å². The fourth-order valence-electron chi connectivity index (χ4n) is 7.00. The maximum absolute atomic E-state index is 6.56. The van der Waals surface area contributed by atoms with Gasteiger partial charge in [0.1, 0.15) is 5.52 Å². The lowest BCUT2D eigenvalue weighted by Crippen LogP contribution is -2.10. The molecule has 0 aliphatic heterocycles. The molecule has 3 aromatic carbocycles. The van der Waals surface area contributed by atoms with Gasteiger partial charge >= 0.3 is 0 Å². The highest BCUT2D eigenvalue weighted by atomic mass is 16.3. The predicted molar refractivity (Wildman–Crippen MR) is 192 cm³/mol. The third-order valence-corrected chi connectivity index (χ3v) is 9.39. The molecule has 47 heavy (non-hydrogen) atoms. The third kappa shape index (κ3) is 4.62. The Bertz CT molecular complexity index is 2490. The molecule has 0 saturated heterocycles. The number of aryl methyl sites for hydroxylation is 3. The van der Waals surface area contributed by atoms with Crippen molar-refractivity contribution in [2.24, 2.45) is 0 Å². The van der Waals surface area contributed by atoms with Crippen LogP contribution in [0.2, 0.25) is 0 Å². The molecule has 0 amide bonds. The largest absolute Gasteiger partial charge is 0.437 e. The summed E-state index contributed by atoms with van der Waals surface area (Å²) in [6.45, 7) is 15.2. The van der Waals surface area contributed by atoms with Crippen molar-refractivity contribution in [2.75, 3.05) is 0 Å². The fourth-order valence-corrected chi connectivity index (χ4v) is 7.00. The molecule has 8 rings (SSSR count).